The minimum atomic E-state index is -2.86. The van der Waals surface area contributed by atoms with Gasteiger partial charge in [0.05, 0.1) is 11.5 Å². The number of aryl methyl sites for hydroxylation is 1. The standard InChI is InChI=1S/C17H23NO3S/c1-2-13-5-3-4-6-14(13)12-18-16(19)15-11-17(15)7-9-22(20,21)10-8-17/h3-6,15H,2,7-12H2,1H3,(H,18,19). The van der Waals surface area contributed by atoms with Crippen molar-refractivity contribution in [1.29, 1.82) is 0 Å². The normalized spacial score (nSPS) is 24.9. The summed E-state index contributed by atoms with van der Waals surface area (Å²) in [5.41, 5.74) is 2.40. The lowest BCUT2D eigenvalue weighted by atomic mass is 9.96. The van der Waals surface area contributed by atoms with Gasteiger partial charge in [-0.3, -0.25) is 4.79 Å². The van der Waals surface area contributed by atoms with Crippen molar-refractivity contribution in [3.8, 4) is 0 Å². The van der Waals surface area contributed by atoms with Crippen LogP contribution in [0.2, 0.25) is 0 Å². The van der Waals surface area contributed by atoms with Crippen molar-refractivity contribution in [2.24, 2.45) is 11.3 Å². The van der Waals surface area contributed by atoms with E-state index in [2.05, 4.69) is 24.4 Å². The van der Waals surface area contributed by atoms with Crippen LogP contribution in [0.25, 0.3) is 0 Å². The van der Waals surface area contributed by atoms with Crippen molar-refractivity contribution >= 4 is 15.7 Å². The van der Waals surface area contributed by atoms with Crippen LogP contribution >= 0.6 is 0 Å². The van der Waals surface area contributed by atoms with E-state index in [-0.39, 0.29) is 28.7 Å². The van der Waals surface area contributed by atoms with Gasteiger partial charge in [-0.05, 0) is 42.2 Å². The van der Waals surface area contributed by atoms with Crippen LogP contribution in [0.15, 0.2) is 24.3 Å². The minimum Gasteiger partial charge on any atom is -0.352 e. The quantitative estimate of drug-likeness (QED) is 0.923. The molecule has 1 aliphatic carbocycles. The fraction of sp³-hybridized carbons (Fsp3) is 0.588. The van der Waals surface area contributed by atoms with Gasteiger partial charge in [0.25, 0.3) is 0 Å². The molecule has 3 rings (SSSR count). The Kier molecular flexibility index (Phi) is 4.02. The van der Waals surface area contributed by atoms with E-state index in [9.17, 15) is 13.2 Å². The topological polar surface area (TPSA) is 63.2 Å². The van der Waals surface area contributed by atoms with Gasteiger partial charge in [-0.1, -0.05) is 31.2 Å². The largest absolute Gasteiger partial charge is 0.352 e. The number of rotatable bonds is 4. The summed E-state index contributed by atoms with van der Waals surface area (Å²) in [6.07, 6.45) is 3.11. The van der Waals surface area contributed by atoms with Crippen LogP contribution < -0.4 is 5.32 Å². The predicted octanol–water partition coefficient (Wildman–Crippen LogP) is 2.08. The van der Waals surface area contributed by atoms with E-state index in [1.165, 1.54) is 11.1 Å². The van der Waals surface area contributed by atoms with Gasteiger partial charge in [-0.15, -0.1) is 0 Å². The van der Waals surface area contributed by atoms with E-state index >= 15 is 0 Å². The molecule has 1 saturated heterocycles. The predicted molar refractivity (Wildman–Crippen MR) is 86.1 cm³/mol. The van der Waals surface area contributed by atoms with Gasteiger partial charge in [0, 0.05) is 12.5 Å². The van der Waals surface area contributed by atoms with Crippen LogP contribution in [0.1, 0.15) is 37.3 Å². The lowest BCUT2D eigenvalue weighted by Gasteiger charge is -2.22. The van der Waals surface area contributed by atoms with E-state index in [4.69, 9.17) is 0 Å². The van der Waals surface area contributed by atoms with Crippen LogP contribution in [0.3, 0.4) is 0 Å². The summed E-state index contributed by atoms with van der Waals surface area (Å²) in [7, 11) is -2.86. The molecule has 0 aromatic heterocycles. The Balaban J connectivity index is 1.56. The molecule has 120 valence electrons. The molecule has 1 unspecified atom stereocenters. The van der Waals surface area contributed by atoms with Gasteiger partial charge >= 0.3 is 0 Å². The summed E-state index contributed by atoms with van der Waals surface area (Å²) in [6.45, 7) is 2.67. The molecule has 1 aromatic carbocycles. The fourth-order valence-electron chi connectivity index (χ4n) is 3.60. The Labute approximate surface area is 132 Å². The van der Waals surface area contributed by atoms with Crippen molar-refractivity contribution in [1.82, 2.24) is 5.32 Å². The zero-order valence-corrected chi connectivity index (χ0v) is 13.8. The van der Waals surface area contributed by atoms with Crippen LogP contribution in [-0.2, 0) is 27.6 Å². The van der Waals surface area contributed by atoms with Crippen molar-refractivity contribution in [2.75, 3.05) is 11.5 Å². The second-order valence-electron chi connectivity index (χ2n) is 6.61. The second kappa shape index (κ2) is 5.69. The molecule has 2 aliphatic rings. The molecule has 1 aromatic rings. The van der Waals surface area contributed by atoms with Gasteiger partial charge in [0.2, 0.25) is 5.91 Å². The number of nitrogens with one attached hydrogen (secondary N) is 1. The molecule has 1 spiro atoms. The van der Waals surface area contributed by atoms with Gasteiger partial charge in [0.1, 0.15) is 9.84 Å². The Morgan fingerprint density at radius 2 is 1.86 bits per heavy atom. The second-order valence-corrected chi connectivity index (χ2v) is 8.91. The zero-order valence-electron chi connectivity index (χ0n) is 13.0. The summed E-state index contributed by atoms with van der Waals surface area (Å²) in [5.74, 6) is 0.590. The molecule has 1 saturated carbocycles. The van der Waals surface area contributed by atoms with Crippen molar-refractivity contribution < 1.29 is 13.2 Å². The van der Waals surface area contributed by atoms with Gasteiger partial charge in [-0.2, -0.15) is 0 Å². The summed E-state index contributed by atoms with van der Waals surface area (Å²) in [6, 6.07) is 8.15. The van der Waals surface area contributed by atoms with E-state index in [1.54, 1.807) is 0 Å². The van der Waals surface area contributed by atoms with Crippen LogP contribution in [0.5, 0.6) is 0 Å². The lowest BCUT2D eigenvalue weighted by molar-refractivity contribution is -0.123. The number of benzene rings is 1. The first-order valence-electron chi connectivity index (χ1n) is 8.01. The number of amides is 1. The molecule has 1 atom stereocenters. The van der Waals surface area contributed by atoms with Gasteiger partial charge in [0.15, 0.2) is 0 Å². The number of carbonyl (C=O) groups is 1. The Morgan fingerprint density at radius 3 is 2.50 bits per heavy atom. The third-order valence-electron chi connectivity index (χ3n) is 5.28. The SMILES string of the molecule is CCc1ccccc1CNC(=O)C1CC12CCS(=O)(=O)CC2. The number of hydrogen-bond acceptors (Lipinski definition) is 3. The highest BCUT2D eigenvalue weighted by atomic mass is 32.2. The molecule has 0 radical (unpaired) electrons. The van der Waals surface area contributed by atoms with Gasteiger partial charge < -0.3 is 5.32 Å². The average Bonchev–Trinajstić information content (AvgIpc) is 3.23. The summed E-state index contributed by atoms with van der Waals surface area (Å²) >= 11 is 0. The summed E-state index contributed by atoms with van der Waals surface area (Å²) in [5, 5.41) is 3.04. The molecule has 1 amide bonds. The third-order valence-corrected chi connectivity index (χ3v) is 6.93. The maximum Gasteiger partial charge on any atom is 0.223 e. The minimum absolute atomic E-state index is 0.0109. The Morgan fingerprint density at radius 1 is 1.23 bits per heavy atom. The van der Waals surface area contributed by atoms with Gasteiger partial charge in [-0.25, -0.2) is 8.42 Å². The first-order valence-corrected chi connectivity index (χ1v) is 9.83. The molecular weight excluding hydrogens is 298 g/mol. The number of hydrogen-bond donors (Lipinski definition) is 1. The highest BCUT2D eigenvalue weighted by molar-refractivity contribution is 7.91. The maximum absolute atomic E-state index is 12.4. The van der Waals surface area contributed by atoms with E-state index in [0.29, 0.717) is 19.4 Å². The van der Waals surface area contributed by atoms with E-state index in [0.717, 1.165) is 12.8 Å². The van der Waals surface area contributed by atoms with Crippen molar-refractivity contribution in [2.45, 2.75) is 39.2 Å². The highest BCUT2D eigenvalue weighted by Crippen LogP contribution is 2.59. The highest BCUT2D eigenvalue weighted by Gasteiger charge is 2.59. The number of sulfone groups is 1. The van der Waals surface area contributed by atoms with Crippen molar-refractivity contribution in [3.63, 3.8) is 0 Å². The molecule has 4 nitrogen and oxygen atoms in total. The van der Waals surface area contributed by atoms with Crippen molar-refractivity contribution in [3.05, 3.63) is 35.4 Å². The monoisotopic (exact) mass is 321 g/mol. The first kappa shape index (κ1) is 15.5. The molecule has 22 heavy (non-hydrogen) atoms. The Hall–Kier alpha value is -1.36. The molecule has 1 N–H and O–H groups in total. The molecule has 5 heteroatoms. The summed E-state index contributed by atoms with van der Waals surface area (Å²) < 4.78 is 23.0. The summed E-state index contributed by atoms with van der Waals surface area (Å²) in [4.78, 5) is 12.4. The fourth-order valence-corrected chi connectivity index (χ4v) is 5.24. The molecule has 0 bridgehead atoms. The molecule has 2 fully saturated rings. The molecule has 1 aliphatic heterocycles. The molecule has 1 heterocycles. The van der Waals surface area contributed by atoms with Crippen LogP contribution in [0.4, 0.5) is 0 Å². The number of carbonyl (C=O) groups excluding carboxylic acids is 1. The van der Waals surface area contributed by atoms with Crippen LogP contribution in [0, 0.1) is 11.3 Å². The molecular formula is C17H23NO3S. The maximum atomic E-state index is 12.4. The average molecular weight is 321 g/mol. The third kappa shape index (κ3) is 3.05. The van der Waals surface area contributed by atoms with E-state index in [1.807, 2.05) is 12.1 Å². The first-order chi connectivity index (χ1) is 10.5. The Bertz CT molecular complexity index is 667. The van der Waals surface area contributed by atoms with Crippen LogP contribution in [-0.4, -0.2) is 25.8 Å². The van der Waals surface area contributed by atoms with E-state index < -0.39 is 9.84 Å². The smallest absolute Gasteiger partial charge is 0.223 e. The lowest BCUT2D eigenvalue weighted by Crippen LogP contribution is -2.31. The zero-order chi connectivity index (χ0) is 15.8.